The maximum absolute atomic E-state index is 14.2. The molecule has 13 nitrogen and oxygen atoms in total. The van der Waals surface area contributed by atoms with Gasteiger partial charge in [0.1, 0.15) is 12.4 Å². The number of pyridine rings is 1. The van der Waals surface area contributed by atoms with E-state index in [-0.39, 0.29) is 74.7 Å². The van der Waals surface area contributed by atoms with Gasteiger partial charge in [-0.2, -0.15) is 0 Å². The number of carbonyl (C=O) groups excluding carboxylic acids is 4. The summed E-state index contributed by atoms with van der Waals surface area (Å²) >= 11 is 0. The molecule has 0 saturated carbocycles. The van der Waals surface area contributed by atoms with Crippen LogP contribution >= 0.6 is 0 Å². The lowest BCUT2D eigenvalue weighted by atomic mass is 9.63. The fourth-order valence-corrected chi connectivity index (χ4v) is 16.1. The van der Waals surface area contributed by atoms with Gasteiger partial charge in [-0.05, 0) is 265 Å². The highest BCUT2D eigenvalue weighted by molar-refractivity contribution is 5.80. The zero-order valence-electron chi connectivity index (χ0n) is 58.9. The Hall–Kier alpha value is -5.54. The molecule has 3 aliphatic carbocycles. The van der Waals surface area contributed by atoms with E-state index in [2.05, 4.69) is 146 Å². The van der Waals surface area contributed by atoms with Crippen LogP contribution in [0.5, 0.6) is 0 Å². The molecule has 516 valence electrons. The molecule has 4 fully saturated rings. The van der Waals surface area contributed by atoms with E-state index in [9.17, 15) is 23.6 Å². The number of hydrogen-bond donors (Lipinski definition) is 3. The van der Waals surface area contributed by atoms with Gasteiger partial charge in [0.15, 0.2) is 0 Å². The van der Waals surface area contributed by atoms with Crippen LogP contribution in [0.15, 0.2) is 91.3 Å². The molecule has 0 bridgehead atoms. The Bertz CT molecular complexity index is 3090. The highest BCUT2D eigenvalue weighted by Crippen LogP contribution is 2.51. The SMILES string of the molecule is CC(C)(C)CCN1CCC2(CC[C@H](NC(=O)CCCN3CCCC3=O)c3ccccc32)CC1.CC(C)(C)CCN1CCC2(CC[C@H](NC(=O)Cc3cccnc3)c3ccccc32)CC1.CCOCC(=O)N[C@H]1CCC2(CCN(CCC(C)(C)C)CC2)c2cc(F)ccc21.[HH].[HH].[HH]. The maximum Gasteiger partial charge on any atom is 0.246 e. The average Bonchev–Trinajstić information content (AvgIpc) is 0.777. The predicted octanol–water partition coefficient (Wildman–Crippen LogP) is 15.2. The third-order valence-corrected chi connectivity index (χ3v) is 22.0. The number of likely N-dealkylation sites (tertiary alicyclic amines) is 4. The van der Waals surface area contributed by atoms with Crippen molar-refractivity contribution in [3.63, 3.8) is 0 Å². The number of aromatic nitrogens is 1. The van der Waals surface area contributed by atoms with Crippen LogP contribution < -0.4 is 16.0 Å². The summed E-state index contributed by atoms with van der Waals surface area (Å²) < 4.78 is 19.4. The second-order valence-electron chi connectivity index (χ2n) is 32.4. The minimum Gasteiger partial charge on any atom is -0.372 e. The molecule has 1 aromatic heterocycles. The van der Waals surface area contributed by atoms with Crippen molar-refractivity contribution in [2.75, 3.05) is 85.2 Å². The molecule has 93 heavy (non-hydrogen) atoms. The first-order chi connectivity index (χ1) is 44.3. The number of carbonyl (C=O) groups is 4. The van der Waals surface area contributed by atoms with Crippen molar-refractivity contribution in [3.05, 3.63) is 136 Å². The Morgan fingerprint density at radius 1 is 0.559 bits per heavy atom. The molecule has 3 aromatic carbocycles. The summed E-state index contributed by atoms with van der Waals surface area (Å²) in [6.45, 7) is 35.3. The fraction of sp³-hybridized carbons (Fsp3) is 0.658. The number of fused-ring (bicyclic) bond motifs is 6. The monoisotopic (exact) mass is 1280 g/mol. The lowest BCUT2D eigenvalue weighted by Gasteiger charge is -2.47. The van der Waals surface area contributed by atoms with Crippen LogP contribution in [0.25, 0.3) is 0 Å². The first-order valence-corrected chi connectivity index (χ1v) is 36.1. The molecule has 4 amide bonds. The molecule has 4 saturated heterocycles. The molecule has 11 rings (SSSR count). The van der Waals surface area contributed by atoms with Crippen molar-refractivity contribution in [1.82, 2.24) is 40.5 Å². The first kappa shape index (κ1) is 71.7. The van der Waals surface area contributed by atoms with Gasteiger partial charge in [-0.3, -0.25) is 24.2 Å². The van der Waals surface area contributed by atoms with Crippen LogP contribution in [0, 0.1) is 22.1 Å². The number of benzene rings is 3. The molecule has 7 aliphatic rings. The number of rotatable bonds is 18. The molecule has 0 radical (unpaired) electrons. The van der Waals surface area contributed by atoms with Gasteiger partial charge in [0.25, 0.3) is 0 Å². The van der Waals surface area contributed by atoms with Crippen molar-refractivity contribution < 1.29 is 32.6 Å². The summed E-state index contributed by atoms with van der Waals surface area (Å²) in [6.07, 6.45) is 23.8. The van der Waals surface area contributed by atoms with E-state index < -0.39 is 0 Å². The van der Waals surface area contributed by atoms with Crippen LogP contribution in [0.1, 0.15) is 253 Å². The molecule has 4 aliphatic heterocycles. The van der Waals surface area contributed by atoms with Crippen LogP contribution in [0.3, 0.4) is 0 Å². The molecular weight excluding hydrogens is 1160 g/mol. The van der Waals surface area contributed by atoms with Crippen LogP contribution in [-0.2, 0) is 46.6 Å². The van der Waals surface area contributed by atoms with Gasteiger partial charge in [-0.1, -0.05) is 123 Å². The minimum atomic E-state index is -0.181. The van der Waals surface area contributed by atoms with Gasteiger partial charge < -0.3 is 40.3 Å². The molecule has 3 atom stereocenters. The van der Waals surface area contributed by atoms with Crippen LogP contribution in [-0.4, -0.2) is 133 Å². The van der Waals surface area contributed by atoms with Gasteiger partial charge in [-0.25, -0.2) is 4.39 Å². The lowest BCUT2D eigenvalue weighted by molar-refractivity contribution is -0.128. The third kappa shape index (κ3) is 20.0. The summed E-state index contributed by atoms with van der Waals surface area (Å²) in [5, 5.41) is 9.74. The summed E-state index contributed by atoms with van der Waals surface area (Å²) in [7, 11) is 0. The number of ether oxygens (including phenoxy) is 1. The van der Waals surface area contributed by atoms with Gasteiger partial charge in [0.05, 0.1) is 24.5 Å². The van der Waals surface area contributed by atoms with E-state index in [0.29, 0.717) is 48.7 Å². The summed E-state index contributed by atoms with van der Waals surface area (Å²) in [6, 6.07) is 26.8. The number of halogens is 1. The van der Waals surface area contributed by atoms with E-state index in [1.807, 2.05) is 30.0 Å². The van der Waals surface area contributed by atoms with E-state index in [0.717, 1.165) is 107 Å². The molecule has 5 heterocycles. The molecular formula is C79H123FN8O5. The Morgan fingerprint density at radius 2 is 1.01 bits per heavy atom. The Kier molecular flexibility index (Phi) is 24.7. The smallest absolute Gasteiger partial charge is 0.246 e. The molecule has 3 N–H and O–H groups in total. The van der Waals surface area contributed by atoms with Gasteiger partial charge in [0.2, 0.25) is 23.6 Å². The topological polar surface area (TPSA) is 139 Å². The first-order valence-electron chi connectivity index (χ1n) is 36.1. The number of hydrogen-bond acceptors (Lipinski definition) is 9. The van der Waals surface area contributed by atoms with E-state index in [1.165, 1.54) is 113 Å². The molecule has 4 aromatic rings. The Balaban J connectivity index is 0.000000225. The number of amides is 4. The predicted molar refractivity (Wildman–Crippen MR) is 380 cm³/mol. The van der Waals surface area contributed by atoms with Crippen molar-refractivity contribution in [2.45, 2.75) is 232 Å². The highest BCUT2D eigenvalue weighted by atomic mass is 19.1. The van der Waals surface area contributed by atoms with Gasteiger partial charge >= 0.3 is 0 Å². The van der Waals surface area contributed by atoms with Crippen molar-refractivity contribution in [1.29, 1.82) is 0 Å². The van der Waals surface area contributed by atoms with E-state index in [1.54, 1.807) is 18.5 Å². The summed E-state index contributed by atoms with van der Waals surface area (Å²) in [4.78, 5) is 63.3. The maximum atomic E-state index is 14.2. The zero-order valence-corrected chi connectivity index (χ0v) is 58.9. The van der Waals surface area contributed by atoms with E-state index >= 15 is 0 Å². The number of nitrogens with one attached hydrogen (secondary N) is 3. The second-order valence-corrected chi connectivity index (χ2v) is 32.4. The number of nitrogens with zero attached hydrogens (tertiary/aromatic N) is 5. The standard InChI is InChI=1S/C28H43N3O2.C27H37N3O.C24H37FN2O2.3H2/c1-27(2,3)14-19-30-20-15-28(16-21-30)13-12-24(22-8-4-5-9-23(22)28)29-25(32)10-6-17-31-18-7-11-26(31)33;1-26(2,3)12-16-30-17-13-27(14-18-30)11-10-24(22-8-4-5-9-23(22)27)29-25(31)19-21-7-6-15-28-20-21;1-5-29-17-22(28)26-21-8-9-24(20-16-18(25)6-7-19(20)21)11-14-27(15-12-24)13-10-23(2,3)4;;;/h4-5,8-9,24H,6-7,10-21H2,1-3H3,(H,29,32);4-9,15,20,24H,10-14,16-19H2,1-3H3,(H,29,31);6-7,16,21H,5,8-15,17H2,1-4H3,(H,26,28);3*1H/t2*24-;21-;;;/m000.../s1. The lowest BCUT2D eigenvalue weighted by Crippen LogP contribution is -2.47. The van der Waals surface area contributed by atoms with Crippen LogP contribution in [0.2, 0.25) is 0 Å². The van der Waals surface area contributed by atoms with Crippen LogP contribution in [0.4, 0.5) is 4.39 Å². The largest absolute Gasteiger partial charge is 0.372 e. The molecule has 14 heteroatoms. The van der Waals surface area contributed by atoms with Gasteiger partial charge in [0, 0.05) is 49.2 Å². The quantitative estimate of drug-likeness (QED) is 0.0888. The summed E-state index contributed by atoms with van der Waals surface area (Å²) in [5.74, 6) is 0.168. The zero-order chi connectivity index (χ0) is 66.4. The Labute approximate surface area is 563 Å². The van der Waals surface area contributed by atoms with Gasteiger partial charge in [-0.15, -0.1) is 0 Å². The second kappa shape index (κ2) is 32.0. The minimum absolute atomic E-state index is 0. The average molecular weight is 1280 g/mol. The summed E-state index contributed by atoms with van der Waals surface area (Å²) in [5.41, 5.74) is 10.5. The van der Waals surface area contributed by atoms with Crippen molar-refractivity contribution in [2.24, 2.45) is 16.2 Å². The third-order valence-electron chi connectivity index (χ3n) is 22.0. The van der Waals surface area contributed by atoms with Crippen molar-refractivity contribution >= 4 is 23.6 Å². The normalized spacial score (nSPS) is 21.9. The number of piperidine rings is 3. The van der Waals surface area contributed by atoms with E-state index in [4.69, 9.17) is 4.74 Å². The molecule has 3 spiro atoms. The fourth-order valence-electron chi connectivity index (χ4n) is 16.1. The molecule has 0 unspecified atom stereocenters. The Morgan fingerprint density at radius 3 is 1.45 bits per heavy atom. The van der Waals surface area contributed by atoms with Crippen molar-refractivity contribution in [3.8, 4) is 0 Å². The highest BCUT2D eigenvalue weighted by Gasteiger charge is 2.45.